The fraction of sp³-hybridized carbons (Fsp3) is 0.536. The van der Waals surface area contributed by atoms with Crippen LogP contribution in [0.4, 0.5) is 0 Å². The van der Waals surface area contributed by atoms with Crippen LogP contribution in [0.25, 0.3) is 21.9 Å². The molecule has 242 valence electrons. The number of fused-ring (bicyclic) bond motifs is 2. The van der Waals surface area contributed by atoms with E-state index in [1.165, 1.54) is 33.5 Å². The molecule has 16 nitrogen and oxygen atoms in total. The van der Waals surface area contributed by atoms with Crippen LogP contribution < -0.4 is 24.4 Å². The van der Waals surface area contributed by atoms with Gasteiger partial charge in [0.1, 0.15) is 59.6 Å². The molecule has 1 aromatic heterocycles. The minimum Gasteiger partial charge on any atom is -0.496 e. The monoisotopic (exact) mass is 626 g/mol. The highest BCUT2D eigenvalue weighted by atomic mass is 16.8. The molecule has 2 aliphatic heterocycles. The third kappa shape index (κ3) is 5.54. The lowest BCUT2D eigenvalue weighted by atomic mass is 9.97. The van der Waals surface area contributed by atoms with E-state index in [2.05, 4.69) is 0 Å². The van der Waals surface area contributed by atoms with Gasteiger partial charge in [0.05, 0.1) is 39.9 Å². The molecule has 0 unspecified atom stereocenters. The Hall–Kier alpha value is -3.29. The summed E-state index contributed by atoms with van der Waals surface area (Å²) in [6.07, 6.45) is -16.5. The Labute approximate surface area is 249 Å². The second kappa shape index (κ2) is 13.0. The van der Waals surface area contributed by atoms with Gasteiger partial charge in [0.15, 0.2) is 35.1 Å². The van der Waals surface area contributed by atoms with Gasteiger partial charge in [0.25, 0.3) is 0 Å². The number of methoxy groups -OCH3 is 3. The van der Waals surface area contributed by atoms with E-state index < -0.39 is 80.1 Å². The number of rotatable bonds is 9. The summed E-state index contributed by atoms with van der Waals surface area (Å²) in [7, 11) is 4.13. The Balaban J connectivity index is 1.55. The van der Waals surface area contributed by atoms with Crippen LogP contribution in [-0.4, -0.2) is 132 Å². The SMILES string of the molecule is COc1cc(O[C@H]2O[C@@H](CO)[C@@H](O)[C@@H](O)[C@@H]2O[C@H]2O[C@@H](CO)[C@H](O)[C@@H](O)[C@@H]2O)cc2c(=O)c3c(OC)ccc(OC)c3oc12. The largest absolute Gasteiger partial charge is 0.496 e. The highest BCUT2D eigenvalue weighted by molar-refractivity contribution is 5.98. The van der Waals surface area contributed by atoms with E-state index in [1.54, 1.807) is 12.1 Å². The van der Waals surface area contributed by atoms with Crippen LogP contribution in [0.5, 0.6) is 23.0 Å². The van der Waals surface area contributed by atoms with Crippen molar-refractivity contribution in [2.45, 2.75) is 61.4 Å². The molecule has 7 N–H and O–H groups in total. The minimum absolute atomic E-state index is 0.0000872. The summed E-state index contributed by atoms with van der Waals surface area (Å²) < 4.78 is 45.0. The molecule has 0 amide bonds. The number of aliphatic hydroxyl groups is 7. The number of hydrogen-bond acceptors (Lipinski definition) is 16. The van der Waals surface area contributed by atoms with Gasteiger partial charge in [-0.3, -0.25) is 4.79 Å². The predicted octanol–water partition coefficient (Wildman–Crippen LogP) is -2.03. The van der Waals surface area contributed by atoms with E-state index in [4.69, 9.17) is 37.6 Å². The summed E-state index contributed by atoms with van der Waals surface area (Å²) in [5.74, 6) is 0.486. The molecule has 2 saturated heterocycles. The lowest BCUT2D eigenvalue weighted by Crippen LogP contribution is -2.65. The van der Waals surface area contributed by atoms with E-state index in [0.29, 0.717) is 0 Å². The third-order valence-corrected chi connectivity index (χ3v) is 7.66. The average Bonchev–Trinajstić information content (AvgIpc) is 3.03. The molecule has 3 heterocycles. The highest BCUT2D eigenvalue weighted by Gasteiger charge is 2.51. The normalized spacial score (nSPS) is 32.5. The molecule has 3 aromatic rings. The second-order valence-electron chi connectivity index (χ2n) is 10.2. The third-order valence-electron chi connectivity index (χ3n) is 7.66. The van der Waals surface area contributed by atoms with Gasteiger partial charge in [0.2, 0.25) is 11.7 Å². The molecule has 16 heteroatoms. The van der Waals surface area contributed by atoms with Crippen molar-refractivity contribution in [3.63, 3.8) is 0 Å². The van der Waals surface area contributed by atoms with Gasteiger partial charge in [0, 0.05) is 6.07 Å². The van der Waals surface area contributed by atoms with E-state index in [1.807, 2.05) is 0 Å². The Morgan fingerprint density at radius 1 is 0.705 bits per heavy atom. The molecule has 5 rings (SSSR count). The highest BCUT2D eigenvalue weighted by Crippen LogP contribution is 2.39. The van der Waals surface area contributed by atoms with Crippen molar-refractivity contribution in [2.75, 3.05) is 34.5 Å². The molecule has 2 aliphatic rings. The van der Waals surface area contributed by atoms with Crippen molar-refractivity contribution >= 4 is 21.9 Å². The molecular formula is C28H34O16. The van der Waals surface area contributed by atoms with E-state index in [-0.39, 0.29) is 44.9 Å². The van der Waals surface area contributed by atoms with Crippen LogP contribution in [0, 0.1) is 0 Å². The zero-order chi connectivity index (χ0) is 31.9. The zero-order valence-corrected chi connectivity index (χ0v) is 23.8. The number of benzene rings is 2. The summed E-state index contributed by atoms with van der Waals surface area (Å²) >= 11 is 0. The Morgan fingerprint density at radius 2 is 1.30 bits per heavy atom. The number of hydrogen-bond donors (Lipinski definition) is 7. The maximum Gasteiger partial charge on any atom is 0.229 e. The quantitative estimate of drug-likeness (QED) is 0.127. The first-order valence-electron chi connectivity index (χ1n) is 13.5. The average molecular weight is 627 g/mol. The molecule has 0 radical (unpaired) electrons. The van der Waals surface area contributed by atoms with Crippen molar-refractivity contribution in [3.8, 4) is 23.0 Å². The number of ether oxygens (including phenoxy) is 7. The van der Waals surface area contributed by atoms with Gasteiger partial charge < -0.3 is 73.3 Å². The lowest BCUT2D eigenvalue weighted by Gasteiger charge is -2.45. The Kier molecular flexibility index (Phi) is 9.47. The first-order chi connectivity index (χ1) is 21.1. The zero-order valence-electron chi connectivity index (χ0n) is 23.8. The van der Waals surface area contributed by atoms with Crippen LogP contribution >= 0.6 is 0 Å². The molecule has 0 aliphatic carbocycles. The van der Waals surface area contributed by atoms with E-state index >= 15 is 0 Å². The predicted molar refractivity (Wildman–Crippen MR) is 147 cm³/mol. The van der Waals surface area contributed by atoms with Gasteiger partial charge in [-0.1, -0.05) is 0 Å². The molecule has 10 atom stereocenters. The summed E-state index contributed by atoms with van der Waals surface area (Å²) in [5, 5.41) is 71.6. The summed E-state index contributed by atoms with van der Waals surface area (Å²) in [6, 6.07) is 5.78. The maximum absolute atomic E-state index is 13.7. The molecule has 0 spiro atoms. The molecular weight excluding hydrogens is 592 g/mol. The summed E-state index contributed by atoms with van der Waals surface area (Å²) in [4.78, 5) is 13.7. The van der Waals surface area contributed by atoms with Crippen molar-refractivity contribution in [3.05, 3.63) is 34.5 Å². The van der Waals surface area contributed by atoms with Crippen LogP contribution in [0.3, 0.4) is 0 Å². The fourth-order valence-corrected chi connectivity index (χ4v) is 5.26. The van der Waals surface area contributed by atoms with E-state index in [0.717, 1.165) is 0 Å². The first-order valence-corrected chi connectivity index (χ1v) is 13.5. The first kappa shape index (κ1) is 32.1. The van der Waals surface area contributed by atoms with Gasteiger partial charge >= 0.3 is 0 Å². The van der Waals surface area contributed by atoms with Gasteiger partial charge in [-0.25, -0.2) is 0 Å². The second-order valence-corrected chi connectivity index (χ2v) is 10.2. The van der Waals surface area contributed by atoms with Crippen LogP contribution in [0.15, 0.2) is 33.5 Å². The minimum atomic E-state index is -1.85. The van der Waals surface area contributed by atoms with Gasteiger partial charge in [-0.15, -0.1) is 0 Å². The van der Waals surface area contributed by atoms with E-state index in [9.17, 15) is 40.5 Å². The van der Waals surface area contributed by atoms with Crippen molar-refractivity contribution in [1.29, 1.82) is 0 Å². The smallest absolute Gasteiger partial charge is 0.229 e. The topological polar surface area (TPSA) is 236 Å². The van der Waals surface area contributed by atoms with Crippen molar-refractivity contribution in [2.24, 2.45) is 0 Å². The van der Waals surface area contributed by atoms with Crippen LogP contribution in [-0.2, 0) is 14.2 Å². The maximum atomic E-state index is 13.7. The van der Waals surface area contributed by atoms with Gasteiger partial charge in [-0.05, 0) is 18.2 Å². The Morgan fingerprint density at radius 3 is 1.91 bits per heavy atom. The molecule has 0 saturated carbocycles. The molecule has 44 heavy (non-hydrogen) atoms. The number of aliphatic hydroxyl groups excluding tert-OH is 7. The molecule has 2 fully saturated rings. The summed E-state index contributed by atoms with van der Waals surface area (Å²) in [5.41, 5.74) is -0.364. The van der Waals surface area contributed by atoms with Crippen molar-refractivity contribution in [1.82, 2.24) is 0 Å². The fourth-order valence-electron chi connectivity index (χ4n) is 5.26. The van der Waals surface area contributed by atoms with Crippen LogP contribution in [0.1, 0.15) is 0 Å². The molecule has 2 aromatic carbocycles. The standard InChI is InChI=1S/C28H34O16/c1-37-12-4-5-13(38-2)25-17(12)18(31)11-6-10(7-14(39-3)24(11)43-25)40-28-26(22(35)20(33)16(9-30)42-28)44-27-23(36)21(34)19(32)15(8-29)41-27/h4-7,15-16,19-23,26-30,32-36H,8-9H2,1-3H3/t15-,16-,19-,20+,21+,22+,23-,26-,27+,28-/m0/s1. The van der Waals surface area contributed by atoms with Crippen molar-refractivity contribution < 1.29 is 73.3 Å². The molecule has 0 bridgehead atoms. The van der Waals surface area contributed by atoms with Gasteiger partial charge in [-0.2, -0.15) is 0 Å². The summed E-state index contributed by atoms with van der Waals surface area (Å²) in [6.45, 7) is -1.47. The lowest BCUT2D eigenvalue weighted by molar-refractivity contribution is -0.357. The Bertz CT molecular complexity index is 1520. The van der Waals surface area contributed by atoms with Crippen LogP contribution in [0.2, 0.25) is 0 Å².